The summed E-state index contributed by atoms with van der Waals surface area (Å²) >= 11 is 0. The molecule has 14 heavy (non-hydrogen) atoms. The minimum atomic E-state index is 1.07. The molecule has 1 aliphatic carbocycles. The van der Waals surface area contributed by atoms with Crippen LogP contribution in [0, 0.1) is 0 Å². The van der Waals surface area contributed by atoms with Crippen LogP contribution in [0.3, 0.4) is 0 Å². The van der Waals surface area contributed by atoms with Gasteiger partial charge in [0, 0.05) is 0 Å². The lowest BCUT2D eigenvalue weighted by atomic mass is 10.0. The van der Waals surface area contributed by atoms with E-state index >= 15 is 0 Å². The molecule has 74 valence electrons. The number of rotatable bonds is 3. The fourth-order valence-electron chi connectivity index (χ4n) is 1.40. The topological polar surface area (TPSA) is 0 Å². The molecule has 1 rings (SSSR count). The summed E-state index contributed by atoms with van der Waals surface area (Å²) < 4.78 is 0. The van der Waals surface area contributed by atoms with Crippen molar-refractivity contribution in [1.29, 1.82) is 0 Å². The van der Waals surface area contributed by atoms with E-state index < -0.39 is 0 Å². The van der Waals surface area contributed by atoms with Crippen molar-refractivity contribution in [2.24, 2.45) is 0 Å². The van der Waals surface area contributed by atoms with Gasteiger partial charge in [-0.15, -0.1) is 0 Å². The average Bonchev–Trinajstić information content (AvgIpc) is 2.68. The molecule has 0 spiro atoms. The Morgan fingerprint density at radius 3 is 2.64 bits per heavy atom. The van der Waals surface area contributed by atoms with Gasteiger partial charge in [-0.3, -0.25) is 0 Å². The number of hydrogen-bond acceptors (Lipinski definition) is 0. The van der Waals surface area contributed by atoms with Crippen molar-refractivity contribution in [1.82, 2.24) is 0 Å². The van der Waals surface area contributed by atoms with E-state index in [0.29, 0.717) is 0 Å². The second-order valence-corrected chi connectivity index (χ2v) is 3.41. The van der Waals surface area contributed by atoms with Crippen molar-refractivity contribution in [3.05, 3.63) is 59.3 Å². The van der Waals surface area contributed by atoms with Crippen LogP contribution in [0.25, 0.3) is 0 Å². The zero-order valence-corrected chi connectivity index (χ0v) is 9.25. The first-order chi connectivity index (χ1) is 6.77. The van der Waals surface area contributed by atoms with Gasteiger partial charge in [-0.25, -0.2) is 0 Å². The van der Waals surface area contributed by atoms with Crippen molar-refractivity contribution in [2.75, 3.05) is 0 Å². The molecule has 0 nitrogen and oxygen atoms in total. The summed E-state index contributed by atoms with van der Waals surface area (Å²) in [5.41, 5.74) is 3.94. The molecule has 0 unspecified atom stereocenters. The Morgan fingerprint density at radius 1 is 1.36 bits per heavy atom. The Bertz CT molecular complexity index is 333. The maximum absolute atomic E-state index is 2.24. The van der Waals surface area contributed by atoms with Gasteiger partial charge >= 0.3 is 0 Å². The molecule has 0 bridgehead atoms. The minimum Gasteiger partial charge on any atom is -0.0871 e. The molecule has 0 saturated heterocycles. The first kappa shape index (κ1) is 10.8. The van der Waals surface area contributed by atoms with E-state index in [1.54, 1.807) is 0 Å². The van der Waals surface area contributed by atoms with E-state index in [0.717, 1.165) is 6.42 Å². The first-order valence-electron chi connectivity index (χ1n) is 5.12. The molecule has 0 radical (unpaired) electrons. The van der Waals surface area contributed by atoms with Crippen LogP contribution in [0.2, 0.25) is 0 Å². The molecule has 0 fully saturated rings. The third kappa shape index (κ3) is 2.88. The molecule has 0 heterocycles. The summed E-state index contributed by atoms with van der Waals surface area (Å²) in [7, 11) is 0. The molecule has 0 saturated carbocycles. The average molecular weight is 186 g/mol. The summed E-state index contributed by atoms with van der Waals surface area (Å²) in [5.74, 6) is 0. The smallest absolute Gasteiger partial charge is 0.0157 e. The van der Waals surface area contributed by atoms with Gasteiger partial charge in [0.25, 0.3) is 0 Å². The van der Waals surface area contributed by atoms with E-state index in [2.05, 4.69) is 63.3 Å². The van der Waals surface area contributed by atoms with Gasteiger partial charge in [0.05, 0.1) is 0 Å². The highest BCUT2D eigenvalue weighted by molar-refractivity contribution is 5.47. The molecule has 0 heteroatoms. The van der Waals surface area contributed by atoms with Gasteiger partial charge in [0.2, 0.25) is 0 Å². The molecule has 0 atom stereocenters. The summed E-state index contributed by atoms with van der Waals surface area (Å²) in [6.07, 6.45) is 16.3. The lowest BCUT2D eigenvalue weighted by Gasteiger charge is -2.01. The second kappa shape index (κ2) is 5.43. The van der Waals surface area contributed by atoms with Gasteiger partial charge in [-0.1, -0.05) is 36.5 Å². The Balaban J connectivity index is 2.92. The predicted molar refractivity (Wildman–Crippen MR) is 64.2 cm³/mol. The third-order valence-electron chi connectivity index (χ3n) is 2.36. The SMILES string of the molecule is C\C=C/C(=C/C1=CCC=C1)C(/C)=C\C. The highest BCUT2D eigenvalue weighted by Gasteiger charge is 1.98. The van der Waals surface area contributed by atoms with E-state index in [1.165, 1.54) is 16.7 Å². The van der Waals surface area contributed by atoms with Gasteiger partial charge in [0.1, 0.15) is 0 Å². The minimum absolute atomic E-state index is 1.07. The van der Waals surface area contributed by atoms with Crippen LogP contribution in [0.15, 0.2) is 59.3 Å². The van der Waals surface area contributed by atoms with Gasteiger partial charge in [0.15, 0.2) is 0 Å². The van der Waals surface area contributed by atoms with E-state index in [9.17, 15) is 0 Å². The van der Waals surface area contributed by atoms with Crippen molar-refractivity contribution >= 4 is 0 Å². The molecule has 0 aromatic rings. The monoisotopic (exact) mass is 186 g/mol. The normalized spacial score (nSPS) is 18.1. The maximum atomic E-state index is 2.24. The Morgan fingerprint density at radius 2 is 2.14 bits per heavy atom. The third-order valence-corrected chi connectivity index (χ3v) is 2.36. The number of allylic oxidation sites excluding steroid dienone is 10. The maximum Gasteiger partial charge on any atom is -0.0157 e. The highest BCUT2D eigenvalue weighted by Crippen LogP contribution is 2.17. The molecule has 1 aliphatic rings. The van der Waals surface area contributed by atoms with Gasteiger partial charge < -0.3 is 0 Å². The quantitative estimate of drug-likeness (QED) is 0.575. The largest absolute Gasteiger partial charge is 0.0871 e. The van der Waals surface area contributed by atoms with Crippen LogP contribution >= 0.6 is 0 Å². The lowest BCUT2D eigenvalue weighted by Crippen LogP contribution is -1.82. The molecule has 0 aromatic heterocycles. The van der Waals surface area contributed by atoms with Crippen LogP contribution in [0.5, 0.6) is 0 Å². The summed E-state index contributed by atoms with van der Waals surface area (Å²) in [5, 5.41) is 0. The van der Waals surface area contributed by atoms with Crippen LogP contribution in [-0.2, 0) is 0 Å². The van der Waals surface area contributed by atoms with Crippen molar-refractivity contribution < 1.29 is 0 Å². The van der Waals surface area contributed by atoms with Gasteiger partial charge in [-0.05, 0) is 50.0 Å². The molecule has 0 N–H and O–H groups in total. The summed E-state index contributed by atoms with van der Waals surface area (Å²) in [4.78, 5) is 0. The Kier molecular flexibility index (Phi) is 4.18. The summed E-state index contributed by atoms with van der Waals surface area (Å²) in [6, 6.07) is 0. The van der Waals surface area contributed by atoms with Crippen LogP contribution in [0.4, 0.5) is 0 Å². The fraction of sp³-hybridized carbons (Fsp3) is 0.286. The van der Waals surface area contributed by atoms with Crippen molar-refractivity contribution in [3.63, 3.8) is 0 Å². The zero-order valence-electron chi connectivity index (χ0n) is 9.25. The first-order valence-corrected chi connectivity index (χ1v) is 5.12. The van der Waals surface area contributed by atoms with E-state index in [1.807, 2.05) is 0 Å². The van der Waals surface area contributed by atoms with Crippen LogP contribution in [0.1, 0.15) is 27.2 Å². The molecule has 0 amide bonds. The zero-order chi connectivity index (χ0) is 10.4. The molecular weight excluding hydrogens is 168 g/mol. The van der Waals surface area contributed by atoms with Gasteiger partial charge in [-0.2, -0.15) is 0 Å². The molecule has 0 aliphatic heterocycles. The molecular formula is C14H18. The Labute approximate surface area is 87.0 Å². The second-order valence-electron chi connectivity index (χ2n) is 3.41. The summed E-state index contributed by atoms with van der Waals surface area (Å²) in [6.45, 7) is 6.27. The van der Waals surface area contributed by atoms with E-state index in [4.69, 9.17) is 0 Å². The number of hydrogen-bond donors (Lipinski definition) is 0. The highest BCUT2D eigenvalue weighted by atomic mass is 14.0. The van der Waals surface area contributed by atoms with Crippen molar-refractivity contribution in [3.8, 4) is 0 Å². The fourth-order valence-corrected chi connectivity index (χ4v) is 1.40. The standard InChI is InChI=1S/C14H18/c1-4-8-14(12(3)5-2)11-13-9-6-7-10-13/h4-6,8-11H,7H2,1-3H3/b8-4-,12-5-,14-11-. The van der Waals surface area contributed by atoms with Crippen LogP contribution < -0.4 is 0 Å². The van der Waals surface area contributed by atoms with Crippen molar-refractivity contribution in [2.45, 2.75) is 27.2 Å². The van der Waals surface area contributed by atoms with E-state index in [-0.39, 0.29) is 0 Å². The lowest BCUT2D eigenvalue weighted by molar-refractivity contribution is 1.38. The van der Waals surface area contributed by atoms with Crippen LogP contribution in [-0.4, -0.2) is 0 Å². The molecule has 0 aromatic carbocycles. The predicted octanol–water partition coefficient (Wildman–Crippen LogP) is 4.34. The Hall–Kier alpha value is -1.30.